The Morgan fingerprint density at radius 3 is 2.52 bits per heavy atom. The van der Waals surface area contributed by atoms with E-state index in [2.05, 4.69) is 10.6 Å². The third kappa shape index (κ3) is 6.89. The average molecular weight is 444 g/mol. The highest BCUT2D eigenvalue weighted by Crippen LogP contribution is 2.24. The topological polar surface area (TPSA) is 70.7 Å². The molecule has 3 rings (SSSR count). The second-order valence-corrected chi connectivity index (χ2v) is 8.21. The highest BCUT2D eigenvalue weighted by atomic mass is 35.5. The van der Waals surface area contributed by atoms with E-state index in [4.69, 9.17) is 16.3 Å². The van der Waals surface area contributed by atoms with Gasteiger partial charge in [-0.2, -0.15) is 0 Å². The Balaban J connectivity index is 1.60. The van der Waals surface area contributed by atoms with E-state index in [1.807, 2.05) is 24.3 Å². The van der Waals surface area contributed by atoms with Crippen molar-refractivity contribution in [1.29, 1.82) is 0 Å². The van der Waals surface area contributed by atoms with Gasteiger partial charge >= 0.3 is 6.03 Å². The summed E-state index contributed by atoms with van der Waals surface area (Å²) in [6.07, 6.45) is 6.09. The van der Waals surface area contributed by atoms with Crippen molar-refractivity contribution >= 4 is 34.9 Å². The van der Waals surface area contributed by atoms with E-state index in [-0.39, 0.29) is 17.9 Å². The summed E-state index contributed by atoms with van der Waals surface area (Å²) < 4.78 is 5.22. The van der Waals surface area contributed by atoms with Gasteiger partial charge in [0.05, 0.1) is 7.11 Å². The van der Waals surface area contributed by atoms with Gasteiger partial charge in [0.15, 0.2) is 0 Å². The van der Waals surface area contributed by atoms with Gasteiger partial charge in [0.1, 0.15) is 5.75 Å². The summed E-state index contributed by atoms with van der Waals surface area (Å²) in [4.78, 5) is 27.0. The Morgan fingerprint density at radius 1 is 1.10 bits per heavy atom. The molecule has 0 radical (unpaired) electrons. The van der Waals surface area contributed by atoms with Crippen molar-refractivity contribution < 1.29 is 14.3 Å². The number of carbonyl (C=O) groups is 2. The quantitative estimate of drug-likeness (QED) is 0.531. The molecule has 1 fully saturated rings. The van der Waals surface area contributed by atoms with E-state index < -0.39 is 0 Å². The molecule has 0 aromatic heterocycles. The van der Waals surface area contributed by atoms with E-state index in [1.54, 1.807) is 36.3 Å². The second kappa shape index (κ2) is 11.6. The number of benzene rings is 2. The van der Waals surface area contributed by atoms with Crippen LogP contribution in [-0.4, -0.2) is 32.1 Å². The molecule has 6 nitrogen and oxygen atoms in total. The van der Waals surface area contributed by atoms with Crippen molar-refractivity contribution in [1.82, 2.24) is 5.32 Å². The molecule has 2 aromatic rings. The summed E-state index contributed by atoms with van der Waals surface area (Å²) in [6, 6.07) is 14.1. The molecule has 0 aliphatic heterocycles. The monoisotopic (exact) mass is 443 g/mol. The Morgan fingerprint density at radius 2 is 1.84 bits per heavy atom. The molecule has 0 unspecified atom stereocenters. The fraction of sp³-hybridized carbons (Fsp3) is 0.417. The minimum atomic E-state index is -0.258. The molecule has 0 bridgehead atoms. The van der Waals surface area contributed by atoms with Gasteiger partial charge in [-0.15, -0.1) is 0 Å². The lowest BCUT2D eigenvalue weighted by Gasteiger charge is -2.24. The van der Waals surface area contributed by atoms with E-state index in [1.165, 1.54) is 6.42 Å². The number of amides is 3. The van der Waals surface area contributed by atoms with Crippen molar-refractivity contribution in [3.63, 3.8) is 0 Å². The summed E-state index contributed by atoms with van der Waals surface area (Å²) in [6.45, 7) is 0.996. The lowest BCUT2D eigenvalue weighted by molar-refractivity contribution is -0.125. The molecule has 0 spiro atoms. The zero-order valence-corrected chi connectivity index (χ0v) is 18.7. The number of ether oxygens (including phenoxy) is 1. The van der Waals surface area contributed by atoms with Gasteiger partial charge in [0, 0.05) is 35.4 Å². The van der Waals surface area contributed by atoms with Gasteiger partial charge in [-0.25, -0.2) is 4.79 Å². The van der Waals surface area contributed by atoms with Gasteiger partial charge in [0.2, 0.25) is 5.91 Å². The van der Waals surface area contributed by atoms with Crippen LogP contribution in [0.5, 0.6) is 5.75 Å². The predicted molar refractivity (Wildman–Crippen MR) is 125 cm³/mol. The van der Waals surface area contributed by atoms with Crippen LogP contribution in [0.2, 0.25) is 5.02 Å². The van der Waals surface area contributed by atoms with Gasteiger partial charge in [0.25, 0.3) is 0 Å². The Hall–Kier alpha value is -2.73. The molecule has 1 saturated carbocycles. The molecule has 0 atom stereocenters. The minimum absolute atomic E-state index is 0.137. The summed E-state index contributed by atoms with van der Waals surface area (Å²) in [5.74, 6) is 0.996. The molecular formula is C24H30ClN3O3. The van der Waals surface area contributed by atoms with Crippen LogP contribution >= 0.6 is 11.6 Å². The third-order valence-electron chi connectivity index (χ3n) is 5.54. The summed E-state index contributed by atoms with van der Waals surface area (Å²) in [5, 5.41) is 6.49. The van der Waals surface area contributed by atoms with E-state index >= 15 is 0 Å². The molecule has 2 N–H and O–H groups in total. The number of rotatable bonds is 8. The number of anilines is 2. The van der Waals surface area contributed by atoms with Crippen LogP contribution in [0.1, 0.15) is 38.5 Å². The lowest BCUT2D eigenvalue weighted by atomic mass is 9.89. The number of nitrogens with zero attached hydrogens (tertiary/aromatic N) is 1. The number of hydrogen-bond donors (Lipinski definition) is 2. The maximum Gasteiger partial charge on any atom is 0.326 e. The van der Waals surface area contributed by atoms with Gasteiger partial charge < -0.3 is 15.4 Å². The predicted octanol–water partition coefficient (Wildman–Crippen LogP) is 5.47. The molecule has 2 aromatic carbocycles. The zero-order valence-electron chi connectivity index (χ0n) is 17.9. The van der Waals surface area contributed by atoms with Crippen molar-refractivity contribution in [3.05, 3.63) is 53.6 Å². The molecule has 31 heavy (non-hydrogen) atoms. The molecular weight excluding hydrogens is 414 g/mol. The second-order valence-electron chi connectivity index (χ2n) is 7.77. The van der Waals surface area contributed by atoms with Crippen molar-refractivity contribution in [2.75, 3.05) is 30.4 Å². The summed E-state index contributed by atoms with van der Waals surface area (Å²) in [7, 11) is 1.60. The van der Waals surface area contributed by atoms with Crippen LogP contribution in [0.25, 0.3) is 0 Å². The highest BCUT2D eigenvalue weighted by Gasteiger charge is 2.21. The smallest absolute Gasteiger partial charge is 0.326 e. The van der Waals surface area contributed by atoms with Gasteiger partial charge in [-0.3, -0.25) is 9.69 Å². The van der Waals surface area contributed by atoms with Crippen LogP contribution in [0, 0.1) is 5.92 Å². The first-order chi connectivity index (χ1) is 15.1. The molecule has 1 aliphatic carbocycles. The van der Waals surface area contributed by atoms with Crippen LogP contribution < -0.4 is 20.3 Å². The minimum Gasteiger partial charge on any atom is -0.497 e. The third-order valence-corrected chi connectivity index (χ3v) is 5.77. The maximum atomic E-state index is 13.0. The van der Waals surface area contributed by atoms with Gasteiger partial charge in [-0.1, -0.05) is 36.9 Å². The number of methoxy groups -OCH3 is 1. The van der Waals surface area contributed by atoms with Crippen molar-refractivity contribution in [2.24, 2.45) is 5.92 Å². The van der Waals surface area contributed by atoms with E-state index in [9.17, 15) is 9.59 Å². The number of hydrogen-bond acceptors (Lipinski definition) is 3. The van der Waals surface area contributed by atoms with Crippen LogP contribution in [0.15, 0.2) is 48.5 Å². The molecule has 0 heterocycles. The van der Waals surface area contributed by atoms with E-state index in [0.29, 0.717) is 30.2 Å². The number of carbonyl (C=O) groups excluding carboxylic acids is 2. The summed E-state index contributed by atoms with van der Waals surface area (Å²) in [5.41, 5.74) is 1.38. The maximum absolute atomic E-state index is 13.0. The molecule has 1 aliphatic rings. The summed E-state index contributed by atoms with van der Waals surface area (Å²) >= 11 is 6.04. The first kappa shape index (κ1) is 22.9. The molecule has 166 valence electrons. The standard InChI is InChI=1S/C24H30ClN3O3/c1-31-22-13-11-21(12-14-22)28(24(30)27-20-10-5-9-19(25)17-20)16-6-15-26-23(29)18-7-3-2-4-8-18/h5,9-14,17-18H,2-4,6-8,15-16H2,1H3,(H,26,29)(H,27,30). The highest BCUT2D eigenvalue weighted by molar-refractivity contribution is 6.30. The van der Waals surface area contributed by atoms with Crippen LogP contribution in [0.4, 0.5) is 16.2 Å². The average Bonchev–Trinajstić information content (AvgIpc) is 2.79. The number of nitrogens with one attached hydrogen (secondary N) is 2. The Kier molecular flexibility index (Phi) is 8.59. The van der Waals surface area contributed by atoms with E-state index in [0.717, 1.165) is 37.1 Å². The van der Waals surface area contributed by atoms with Crippen molar-refractivity contribution in [2.45, 2.75) is 38.5 Å². The molecule has 7 heteroatoms. The van der Waals surface area contributed by atoms with Crippen LogP contribution in [-0.2, 0) is 4.79 Å². The number of halogens is 1. The van der Waals surface area contributed by atoms with Crippen LogP contribution in [0.3, 0.4) is 0 Å². The fourth-order valence-corrected chi connectivity index (χ4v) is 4.02. The first-order valence-corrected chi connectivity index (χ1v) is 11.2. The lowest BCUT2D eigenvalue weighted by Crippen LogP contribution is -2.38. The number of urea groups is 1. The normalized spacial score (nSPS) is 14.0. The Labute approximate surface area is 188 Å². The molecule has 0 saturated heterocycles. The Bertz CT molecular complexity index is 867. The first-order valence-electron chi connectivity index (χ1n) is 10.8. The van der Waals surface area contributed by atoms with Crippen molar-refractivity contribution in [3.8, 4) is 5.75 Å². The molecule has 3 amide bonds. The van der Waals surface area contributed by atoms with Gasteiger partial charge in [-0.05, 0) is 61.7 Å². The SMILES string of the molecule is COc1ccc(N(CCCNC(=O)C2CCCCC2)C(=O)Nc2cccc(Cl)c2)cc1. The fourth-order valence-electron chi connectivity index (χ4n) is 3.83. The zero-order chi connectivity index (χ0) is 22.1. The largest absolute Gasteiger partial charge is 0.497 e.